The number of hydrogen-bond acceptors (Lipinski definition) is 4. The van der Waals surface area contributed by atoms with Gasteiger partial charge in [0, 0.05) is 30.5 Å². The van der Waals surface area contributed by atoms with Crippen molar-refractivity contribution in [3.8, 4) is 11.5 Å². The zero-order chi connectivity index (χ0) is 17.3. The molecule has 0 amide bonds. The van der Waals surface area contributed by atoms with Gasteiger partial charge in [-0.25, -0.2) is 13.1 Å². The lowest BCUT2D eigenvalue weighted by Crippen LogP contribution is -2.26. The van der Waals surface area contributed by atoms with Crippen LogP contribution in [0.25, 0.3) is 0 Å². The topological polar surface area (TPSA) is 64.6 Å². The molecule has 2 aliphatic heterocycles. The fourth-order valence-corrected chi connectivity index (χ4v) is 4.96. The Morgan fingerprint density at radius 3 is 2.68 bits per heavy atom. The molecule has 1 N–H and O–H groups in total. The second-order valence-corrected chi connectivity index (χ2v) is 8.06. The number of rotatable bonds is 6. The van der Waals surface area contributed by atoms with Crippen molar-refractivity contribution in [2.45, 2.75) is 30.6 Å². The Kier molecular flexibility index (Phi) is 4.39. The van der Waals surface area contributed by atoms with Crippen LogP contribution < -0.4 is 14.2 Å². The average Bonchev–Trinajstić information content (AvgIpc) is 3.25. The van der Waals surface area contributed by atoms with E-state index in [0.29, 0.717) is 37.7 Å². The molecule has 5 nitrogen and oxygen atoms in total. The molecule has 2 heterocycles. The van der Waals surface area contributed by atoms with Gasteiger partial charge in [0.2, 0.25) is 10.0 Å². The van der Waals surface area contributed by atoms with Crippen LogP contribution in [0.3, 0.4) is 0 Å². The monoisotopic (exact) mass is 359 g/mol. The molecule has 132 valence electrons. The van der Waals surface area contributed by atoms with Crippen LogP contribution in [0, 0.1) is 0 Å². The van der Waals surface area contributed by atoms with E-state index in [1.807, 2.05) is 24.3 Å². The van der Waals surface area contributed by atoms with Gasteiger partial charge in [-0.15, -0.1) is 0 Å². The molecular formula is C19H21NO4S. The van der Waals surface area contributed by atoms with Gasteiger partial charge in [0.25, 0.3) is 0 Å². The van der Waals surface area contributed by atoms with E-state index in [1.165, 1.54) is 5.56 Å². The second kappa shape index (κ2) is 6.69. The number of aryl methyl sites for hydroxylation is 1. The first-order chi connectivity index (χ1) is 12.1. The van der Waals surface area contributed by atoms with Crippen molar-refractivity contribution in [3.63, 3.8) is 0 Å². The molecule has 6 heteroatoms. The van der Waals surface area contributed by atoms with E-state index in [1.54, 1.807) is 0 Å². The molecular weight excluding hydrogens is 338 g/mol. The number of ether oxygens (including phenoxy) is 2. The smallest absolute Gasteiger partial charge is 0.244 e. The largest absolute Gasteiger partial charge is 0.493 e. The first kappa shape index (κ1) is 16.4. The maximum Gasteiger partial charge on any atom is 0.244 e. The van der Waals surface area contributed by atoms with Crippen molar-refractivity contribution in [2.75, 3.05) is 19.8 Å². The molecule has 0 spiro atoms. The summed E-state index contributed by atoms with van der Waals surface area (Å²) in [4.78, 5) is 0.287. The molecule has 4 rings (SSSR count). The van der Waals surface area contributed by atoms with Crippen molar-refractivity contribution >= 4 is 10.0 Å². The molecule has 0 bridgehead atoms. The van der Waals surface area contributed by atoms with Crippen molar-refractivity contribution in [1.29, 1.82) is 0 Å². The fraction of sp³-hybridized carbons (Fsp3) is 0.368. The third kappa shape index (κ3) is 3.24. The van der Waals surface area contributed by atoms with Crippen LogP contribution in [0.1, 0.15) is 23.1 Å². The molecule has 2 aliphatic rings. The highest BCUT2D eigenvalue weighted by Crippen LogP contribution is 2.42. The number of fused-ring (bicyclic) bond motifs is 2. The summed E-state index contributed by atoms with van der Waals surface area (Å²) in [5.74, 6) is 1.20. The van der Waals surface area contributed by atoms with Gasteiger partial charge in [-0.1, -0.05) is 30.3 Å². The van der Waals surface area contributed by atoms with Gasteiger partial charge in [0.15, 0.2) is 0 Å². The zero-order valence-electron chi connectivity index (χ0n) is 14.0. The summed E-state index contributed by atoms with van der Waals surface area (Å²) < 4.78 is 39.8. The molecule has 0 aromatic heterocycles. The van der Waals surface area contributed by atoms with Crippen LogP contribution in [-0.2, 0) is 29.3 Å². The maximum absolute atomic E-state index is 12.9. The first-order valence-electron chi connectivity index (χ1n) is 8.63. The van der Waals surface area contributed by atoms with Crippen LogP contribution in [0.4, 0.5) is 0 Å². The lowest BCUT2D eigenvalue weighted by atomic mass is 10.1. The van der Waals surface area contributed by atoms with Crippen molar-refractivity contribution in [3.05, 3.63) is 53.1 Å². The summed E-state index contributed by atoms with van der Waals surface area (Å²) in [6, 6.07) is 12.0. The van der Waals surface area contributed by atoms with Crippen LogP contribution in [0.15, 0.2) is 41.3 Å². The van der Waals surface area contributed by atoms with Gasteiger partial charge in [-0.2, -0.15) is 0 Å². The van der Waals surface area contributed by atoms with E-state index in [-0.39, 0.29) is 4.90 Å². The number of benzene rings is 2. The molecule has 2 aromatic carbocycles. The lowest BCUT2D eigenvalue weighted by molar-refractivity contribution is 0.347. The number of sulfonamides is 1. The van der Waals surface area contributed by atoms with E-state index < -0.39 is 10.0 Å². The minimum Gasteiger partial charge on any atom is -0.493 e. The Bertz CT molecular complexity index is 846. The highest BCUT2D eigenvalue weighted by molar-refractivity contribution is 7.89. The Balaban J connectivity index is 1.51. The van der Waals surface area contributed by atoms with Gasteiger partial charge in [-0.05, 0) is 24.5 Å². The maximum atomic E-state index is 12.9. The van der Waals surface area contributed by atoms with Crippen molar-refractivity contribution in [1.82, 2.24) is 4.72 Å². The van der Waals surface area contributed by atoms with Gasteiger partial charge in [-0.3, -0.25) is 0 Å². The molecule has 25 heavy (non-hydrogen) atoms. The third-order valence-corrected chi connectivity index (χ3v) is 6.20. The second-order valence-electron chi connectivity index (χ2n) is 6.35. The summed E-state index contributed by atoms with van der Waals surface area (Å²) in [6.07, 6.45) is 2.92. The molecule has 0 saturated heterocycles. The SMILES string of the molecule is O=S(=O)(NCCCc1ccccc1)c1c2c(cc3c1OCC3)OCC2. The van der Waals surface area contributed by atoms with Crippen LogP contribution in [0.2, 0.25) is 0 Å². The van der Waals surface area contributed by atoms with Crippen molar-refractivity contribution in [2.24, 2.45) is 0 Å². The Hall–Kier alpha value is -2.05. The molecule has 0 atom stereocenters. The number of nitrogens with one attached hydrogen (secondary N) is 1. The fourth-order valence-electron chi connectivity index (χ4n) is 3.44. The minimum absolute atomic E-state index is 0.287. The quantitative estimate of drug-likeness (QED) is 0.805. The predicted octanol–water partition coefficient (Wildman–Crippen LogP) is 2.47. The minimum atomic E-state index is -3.62. The molecule has 2 aromatic rings. The van der Waals surface area contributed by atoms with Gasteiger partial charge >= 0.3 is 0 Å². The van der Waals surface area contributed by atoms with Crippen molar-refractivity contribution < 1.29 is 17.9 Å². The summed E-state index contributed by atoms with van der Waals surface area (Å²) in [5.41, 5.74) is 2.88. The Morgan fingerprint density at radius 1 is 1.04 bits per heavy atom. The van der Waals surface area contributed by atoms with Crippen LogP contribution in [-0.4, -0.2) is 28.2 Å². The summed E-state index contributed by atoms with van der Waals surface area (Å²) >= 11 is 0. The highest BCUT2D eigenvalue weighted by Gasteiger charge is 2.33. The molecule has 0 aliphatic carbocycles. The Labute approximate surface area is 148 Å². The Morgan fingerprint density at radius 2 is 1.84 bits per heavy atom. The van der Waals surface area contributed by atoms with E-state index in [9.17, 15) is 8.42 Å². The van der Waals surface area contributed by atoms with Gasteiger partial charge in [0.1, 0.15) is 16.4 Å². The zero-order valence-corrected chi connectivity index (χ0v) is 14.8. The lowest BCUT2D eigenvalue weighted by Gasteiger charge is -2.14. The molecule has 0 fully saturated rings. The summed E-state index contributed by atoms with van der Waals surface area (Å²) in [5, 5.41) is 0. The van der Waals surface area contributed by atoms with E-state index in [0.717, 1.165) is 30.4 Å². The van der Waals surface area contributed by atoms with E-state index in [2.05, 4.69) is 16.9 Å². The average molecular weight is 359 g/mol. The van der Waals surface area contributed by atoms with Crippen LogP contribution >= 0.6 is 0 Å². The van der Waals surface area contributed by atoms with Gasteiger partial charge in [0.05, 0.1) is 13.2 Å². The number of hydrogen-bond donors (Lipinski definition) is 1. The first-order valence-corrected chi connectivity index (χ1v) is 10.1. The normalized spacial score (nSPS) is 15.4. The summed E-state index contributed by atoms with van der Waals surface area (Å²) in [7, 11) is -3.62. The van der Waals surface area contributed by atoms with E-state index in [4.69, 9.17) is 9.47 Å². The molecule has 0 saturated carbocycles. The molecule has 0 radical (unpaired) electrons. The van der Waals surface area contributed by atoms with Gasteiger partial charge < -0.3 is 9.47 Å². The van der Waals surface area contributed by atoms with E-state index >= 15 is 0 Å². The standard InChI is InChI=1S/C19H21NO4S/c21-25(22,20-10-4-7-14-5-2-1-3-6-14)19-16-9-12-23-17(16)13-15-8-11-24-18(15)19/h1-3,5-6,13,20H,4,7-12H2. The summed E-state index contributed by atoms with van der Waals surface area (Å²) in [6.45, 7) is 1.44. The van der Waals surface area contributed by atoms with Crippen LogP contribution in [0.5, 0.6) is 11.5 Å². The predicted molar refractivity (Wildman–Crippen MR) is 94.8 cm³/mol. The highest BCUT2D eigenvalue weighted by atomic mass is 32.2. The third-order valence-electron chi connectivity index (χ3n) is 4.65. The molecule has 0 unspecified atom stereocenters.